The molecule has 0 N–H and O–H groups in total. The Labute approximate surface area is 217 Å². The summed E-state index contributed by atoms with van der Waals surface area (Å²) in [5.41, 5.74) is 4.14. The van der Waals surface area contributed by atoms with Crippen molar-refractivity contribution in [2.45, 2.75) is 13.3 Å². The number of para-hydroxylation sites is 1. The molecule has 5 rings (SSSR count). The predicted molar refractivity (Wildman–Crippen MR) is 148 cm³/mol. The molecule has 0 spiro atoms. The van der Waals surface area contributed by atoms with Gasteiger partial charge in [0, 0.05) is 22.7 Å². The summed E-state index contributed by atoms with van der Waals surface area (Å²) in [5.74, 6) is 1.32. The van der Waals surface area contributed by atoms with Crippen LogP contribution in [0.4, 0.5) is 5.69 Å². The SMILES string of the molecule is Cc1ccc(-c2ccc(/C=C3\SC(=Nc4ccccc4)N(CCc4ccccc4)C3=O)o2)c(Br)c1. The highest BCUT2D eigenvalue weighted by atomic mass is 79.9. The first-order valence-corrected chi connectivity index (χ1v) is 12.9. The zero-order chi connectivity index (χ0) is 24.2. The van der Waals surface area contributed by atoms with Crippen LogP contribution in [0.25, 0.3) is 17.4 Å². The summed E-state index contributed by atoms with van der Waals surface area (Å²) in [6.45, 7) is 2.60. The van der Waals surface area contributed by atoms with Gasteiger partial charge in [0.25, 0.3) is 5.91 Å². The molecule has 3 aromatic carbocycles. The van der Waals surface area contributed by atoms with E-state index >= 15 is 0 Å². The highest BCUT2D eigenvalue weighted by molar-refractivity contribution is 9.10. The van der Waals surface area contributed by atoms with Crippen molar-refractivity contribution in [3.8, 4) is 11.3 Å². The minimum atomic E-state index is -0.0601. The van der Waals surface area contributed by atoms with Gasteiger partial charge in [-0.3, -0.25) is 9.69 Å². The first-order valence-electron chi connectivity index (χ1n) is 11.3. The van der Waals surface area contributed by atoms with Crippen LogP contribution in [0.3, 0.4) is 0 Å². The molecule has 1 amide bonds. The number of carbonyl (C=O) groups is 1. The summed E-state index contributed by atoms with van der Waals surface area (Å²) < 4.78 is 7.06. The average molecular weight is 543 g/mol. The molecule has 6 heteroatoms. The van der Waals surface area contributed by atoms with Gasteiger partial charge in [0.1, 0.15) is 11.5 Å². The van der Waals surface area contributed by atoms with E-state index in [-0.39, 0.29) is 5.91 Å². The largest absolute Gasteiger partial charge is 0.457 e. The van der Waals surface area contributed by atoms with Crippen molar-refractivity contribution in [1.82, 2.24) is 4.90 Å². The van der Waals surface area contributed by atoms with Crippen LogP contribution < -0.4 is 0 Å². The first kappa shape index (κ1) is 23.4. The van der Waals surface area contributed by atoms with Crippen molar-refractivity contribution >= 4 is 50.5 Å². The first-order chi connectivity index (χ1) is 17.1. The molecule has 0 bridgehead atoms. The zero-order valence-electron chi connectivity index (χ0n) is 19.1. The molecule has 0 atom stereocenters. The van der Waals surface area contributed by atoms with Gasteiger partial charge in [-0.05, 0) is 72.6 Å². The van der Waals surface area contributed by atoms with E-state index in [4.69, 9.17) is 9.41 Å². The lowest BCUT2D eigenvalue weighted by atomic mass is 10.1. The smallest absolute Gasteiger partial charge is 0.266 e. The van der Waals surface area contributed by atoms with Crippen molar-refractivity contribution in [3.05, 3.63) is 117 Å². The highest BCUT2D eigenvalue weighted by Gasteiger charge is 2.33. The van der Waals surface area contributed by atoms with Crippen LogP contribution in [0, 0.1) is 6.92 Å². The van der Waals surface area contributed by atoms with Crippen LogP contribution in [0.1, 0.15) is 16.9 Å². The molecule has 35 heavy (non-hydrogen) atoms. The van der Waals surface area contributed by atoms with Crippen molar-refractivity contribution in [1.29, 1.82) is 0 Å². The maximum absolute atomic E-state index is 13.4. The third kappa shape index (κ3) is 5.50. The van der Waals surface area contributed by atoms with Gasteiger partial charge in [0.15, 0.2) is 5.17 Å². The van der Waals surface area contributed by atoms with Crippen LogP contribution >= 0.6 is 27.7 Å². The van der Waals surface area contributed by atoms with Crippen LogP contribution in [0.15, 0.2) is 110 Å². The number of furan rings is 1. The van der Waals surface area contributed by atoms with Gasteiger partial charge < -0.3 is 4.42 Å². The fraction of sp³-hybridized carbons (Fsp3) is 0.103. The van der Waals surface area contributed by atoms with Crippen LogP contribution in [-0.4, -0.2) is 22.5 Å². The number of benzene rings is 3. The summed E-state index contributed by atoms with van der Waals surface area (Å²) >= 11 is 5.00. The Morgan fingerprint density at radius 2 is 1.71 bits per heavy atom. The van der Waals surface area contributed by atoms with Crippen molar-refractivity contribution in [3.63, 3.8) is 0 Å². The second kappa shape index (κ2) is 10.5. The molecule has 0 saturated carbocycles. The molecule has 0 aliphatic carbocycles. The topological polar surface area (TPSA) is 45.8 Å². The van der Waals surface area contributed by atoms with Crippen molar-refractivity contribution in [2.75, 3.05) is 6.54 Å². The fourth-order valence-electron chi connectivity index (χ4n) is 3.81. The molecular formula is C29H23BrN2O2S. The second-order valence-electron chi connectivity index (χ2n) is 8.22. The number of rotatable bonds is 6. The van der Waals surface area contributed by atoms with Gasteiger partial charge in [-0.15, -0.1) is 0 Å². The van der Waals surface area contributed by atoms with Crippen molar-refractivity contribution in [2.24, 2.45) is 4.99 Å². The maximum Gasteiger partial charge on any atom is 0.266 e. The number of amides is 1. The molecule has 1 aliphatic rings. The lowest BCUT2D eigenvalue weighted by molar-refractivity contribution is -0.122. The standard InChI is InChI=1S/C29H23BrN2O2S/c1-20-12-14-24(25(30)18-20)26-15-13-23(34-26)19-27-28(33)32(17-16-21-8-4-2-5-9-21)29(35-27)31-22-10-6-3-7-11-22/h2-15,18-19H,16-17H2,1H3/b27-19-,31-29?. The molecule has 1 saturated heterocycles. The second-order valence-corrected chi connectivity index (χ2v) is 10.1. The number of hydrogen-bond donors (Lipinski definition) is 0. The molecule has 1 aromatic heterocycles. The van der Waals surface area contributed by atoms with Gasteiger partial charge in [0.05, 0.1) is 10.6 Å². The average Bonchev–Trinajstić information content (AvgIpc) is 3.44. The molecule has 174 valence electrons. The number of halogens is 1. The quantitative estimate of drug-likeness (QED) is 0.233. The number of nitrogens with zero attached hydrogens (tertiary/aromatic N) is 2. The van der Waals surface area contributed by atoms with Gasteiger partial charge in [0.2, 0.25) is 0 Å². The number of thioether (sulfide) groups is 1. The third-order valence-electron chi connectivity index (χ3n) is 5.63. The molecular weight excluding hydrogens is 520 g/mol. The zero-order valence-corrected chi connectivity index (χ0v) is 21.6. The molecule has 2 heterocycles. The molecule has 1 fully saturated rings. The molecule has 4 aromatic rings. The third-order valence-corrected chi connectivity index (χ3v) is 7.29. The molecule has 4 nitrogen and oxygen atoms in total. The molecule has 1 aliphatic heterocycles. The van der Waals surface area contributed by atoms with Crippen LogP contribution in [0.5, 0.6) is 0 Å². The van der Waals surface area contributed by atoms with E-state index < -0.39 is 0 Å². The number of carbonyl (C=O) groups excluding carboxylic acids is 1. The number of hydrogen-bond acceptors (Lipinski definition) is 4. The monoisotopic (exact) mass is 542 g/mol. The Morgan fingerprint density at radius 1 is 0.971 bits per heavy atom. The normalized spacial score (nSPS) is 15.9. The Bertz CT molecular complexity index is 1410. The minimum absolute atomic E-state index is 0.0601. The lowest BCUT2D eigenvalue weighted by Gasteiger charge is -2.15. The molecule has 0 unspecified atom stereocenters. The summed E-state index contributed by atoms with van der Waals surface area (Å²) in [4.78, 5) is 20.5. The Kier molecular flexibility index (Phi) is 7.02. The van der Waals surface area contributed by atoms with Gasteiger partial charge in [-0.2, -0.15) is 0 Å². The maximum atomic E-state index is 13.4. The highest BCUT2D eigenvalue weighted by Crippen LogP contribution is 2.36. The van der Waals surface area contributed by atoms with E-state index in [9.17, 15) is 4.79 Å². The van der Waals surface area contributed by atoms with Crippen LogP contribution in [-0.2, 0) is 11.2 Å². The Hall–Kier alpha value is -3.35. The number of amidine groups is 1. The van der Waals surface area contributed by atoms with Crippen LogP contribution in [0.2, 0.25) is 0 Å². The van der Waals surface area contributed by atoms with E-state index in [0.29, 0.717) is 22.4 Å². The summed E-state index contributed by atoms with van der Waals surface area (Å²) in [5, 5.41) is 0.677. The summed E-state index contributed by atoms with van der Waals surface area (Å²) in [7, 11) is 0. The van der Waals surface area contributed by atoms with Gasteiger partial charge in [-0.25, -0.2) is 4.99 Å². The number of aryl methyl sites for hydroxylation is 1. The van der Waals surface area contributed by atoms with Crippen molar-refractivity contribution < 1.29 is 9.21 Å². The van der Waals surface area contributed by atoms with E-state index in [2.05, 4.69) is 34.1 Å². The predicted octanol–water partition coefficient (Wildman–Crippen LogP) is 7.86. The Balaban J connectivity index is 1.42. The fourth-order valence-corrected chi connectivity index (χ4v) is 5.50. The van der Waals surface area contributed by atoms with E-state index in [1.807, 2.05) is 85.8 Å². The molecule has 0 radical (unpaired) electrons. The van der Waals surface area contributed by atoms with E-state index in [0.717, 1.165) is 27.9 Å². The lowest BCUT2D eigenvalue weighted by Crippen LogP contribution is -2.31. The van der Waals surface area contributed by atoms with E-state index in [1.54, 1.807) is 4.90 Å². The summed E-state index contributed by atoms with van der Waals surface area (Å²) in [6.07, 6.45) is 2.56. The van der Waals surface area contributed by atoms with Gasteiger partial charge >= 0.3 is 0 Å². The summed E-state index contributed by atoms with van der Waals surface area (Å²) in [6, 6.07) is 29.9. The van der Waals surface area contributed by atoms with Gasteiger partial charge in [-0.1, -0.05) is 70.5 Å². The van der Waals surface area contributed by atoms with E-state index in [1.165, 1.54) is 22.9 Å². The number of aliphatic imine (C=N–C) groups is 1. The minimum Gasteiger partial charge on any atom is -0.457 e. The Morgan fingerprint density at radius 3 is 2.46 bits per heavy atom.